The first-order chi connectivity index (χ1) is 13.4. The van der Waals surface area contributed by atoms with Gasteiger partial charge in [-0.2, -0.15) is 13.2 Å². The van der Waals surface area contributed by atoms with E-state index in [1.165, 1.54) is 13.1 Å². The highest BCUT2D eigenvalue weighted by Gasteiger charge is 2.64. The molecule has 9 heteroatoms. The van der Waals surface area contributed by atoms with E-state index in [1.807, 2.05) is 6.92 Å². The Morgan fingerprint density at radius 1 is 1.34 bits per heavy atom. The molecule has 1 saturated carbocycles. The normalized spacial score (nSPS) is 28.7. The second-order valence-corrected chi connectivity index (χ2v) is 8.14. The van der Waals surface area contributed by atoms with Gasteiger partial charge in [-0.25, -0.2) is 9.97 Å². The van der Waals surface area contributed by atoms with E-state index in [2.05, 4.69) is 21.9 Å². The van der Waals surface area contributed by atoms with Gasteiger partial charge in [0.05, 0.1) is 40.9 Å². The van der Waals surface area contributed by atoms with Crippen LogP contribution in [0, 0.1) is 6.92 Å². The third-order valence-corrected chi connectivity index (χ3v) is 5.75. The van der Waals surface area contributed by atoms with Gasteiger partial charge in [0.25, 0.3) is 0 Å². The maximum absolute atomic E-state index is 12.9. The number of phenolic OH excluding ortho intramolecular Hbond substituents is 1. The third kappa shape index (κ3) is 3.23. The van der Waals surface area contributed by atoms with Crippen molar-refractivity contribution in [2.45, 2.75) is 57.0 Å². The Kier molecular flexibility index (Phi) is 4.17. The number of alkyl halides is 3. The molecule has 1 atom stereocenters. The maximum atomic E-state index is 12.9. The van der Waals surface area contributed by atoms with Crippen LogP contribution in [0.15, 0.2) is 23.3 Å². The summed E-state index contributed by atoms with van der Waals surface area (Å²) in [6.07, 6.45) is 0.0531. The number of anilines is 1. The summed E-state index contributed by atoms with van der Waals surface area (Å²) in [5, 5.41) is 10.1. The van der Waals surface area contributed by atoms with Crippen molar-refractivity contribution in [1.29, 1.82) is 0 Å². The molecule has 0 spiro atoms. The van der Waals surface area contributed by atoms with Gasteiger partial charge in [-0.1, -0.05) is 0 Å². The smallest absolute Gasteiger partial charge is 0.416 e. The molecule has 3 fully saturated rings. The molecule has 6 nitrogen and oxygen atoms in total. The summed E-state index contributed by atoms with van der Waals surface area (Å²) >= 11 is 0. The number of ether oxygens (including phenoxy) is 1. The number of phenols is 1. The van der Waals surface area contributed by atoms with Gasteiger partial charge < -0.3 is 15.6 Å². The van der Waals surface area contributed by atoms with Crippen LogP contribution < -0.4 is 5.73 Å². The average molecular weight is 406 g/mol. The number of hydrogen-bond donors (Lipinski definition) is 2. The van der Waals surface area contributed by atoms with Crippen molar-refractivity contribution in [3.8, 4) is 17.0 Å². The topological polar surface area (TPSA) is 93.6 Å². The van der Waals surface area contributed by atoms with Crippen molar-refractivity contribution in [3.63, 3.8) is 0 Å². The first-order valence-corrected chi connectivity index (χ1v) is 9.19. The summed E-state index contributed by atoms with van der Waals surface area (Å²) in [4.78, 5) is 13.1. The molecule has 5 rings (SSSR count). The van der Waals surface area contributed by atoms with Crippen LogP contribution in [0.1, 0.15) is 43.5 Å². The number of aryl methyl sites for hydroxylation is 1. The van der Waals surface area contributed by atoms with Crippen molar-refractivity contribution in [2.24, 2.45) is 4.99 Å². The molecule has 3 heterocycles. The minimum atomic E-state index is -4.55. The fourth-order valence-electron chi connectivity index (χ4n) is 4.43. The zero-order valence-corrected chi connectivity index (χ0v) is 16.2. The molecule has 2 aliphatic heterocycles. The molecule has 1 aromatic heterocycles. The standard InChI is InChI=1S/C20H21F3N4O2/c1-10-4-12(20(21,22)23)5-15(28)16(10)13-6-25-14(17(24)27-13)7-26-19-8-18(3,9-19)29-11(19)2/h4-7,11,28H,8-9H2,1-3H3,(H2,24,27). The molecule has 1 aliphatic carbocycles. The Labute approximate surface area is 165 Å². The number of rotatable bonds is 3. The molecular weight excluding hydrogens is 385 g/mol. The zero-order valence-electron chi connectivity index (χ0n) is 16.2. The molecule has 154 valence electrons. The van der Waals surface area contributed by atoms with E-state index >= 15 is 0 Å². The maximum Gasteiger partial charge on any atom is 0.416 e. The van der Waals surface area contributed by atoms with Gasteiger partial charge in [-0.15, -0.1) is 0 Å². The Morgan fingerprint density at radius 2 is 2.03 bits per heavy atom. The zero-order chi connectivity index (χ0) is 21.2. The molecule has 2 saturated heterocycles. The predicted molar refractivity (Wildman–Crippen MR) is 102 cm³/mol. The lowest BCUT2D eigenvalue weighted by atomic mass is 9.67. The summed E-state index contributed by atoms with van der Waals surface area (Å²) in [6.45, 7) is 5.52. The molecule has 2 aromatic rings. The van der Waals surface area contributed by atoms with Crippen LogP contribution in [0.5, 0.6) is 5.75 Å². The molecule has 29 heavy (non-hydrogen) atoms. The molecule has 3 aliphatic rings. The molecule has 2 bridgehead atoms. The van der Waals surface area contributed by atoms with E-state index < -0.39 is 17.5 Å². The molecular formula is C20H21F3N4O2. The summed E-state index contributed by atoms with van der Waals surface area (Å²) in [5.41, 5.74) is 5.61. The monoisotopic (exact) mass is 406 g/mol. The summed E-state index contributed by atoms with van der Waals surface area (Å²) < 4.78 is 44.6. The van der Waals surface area contributed by atoms with Crippen LogP contribution in [0.4, 0.5) is 19.0 Å². The summed E-state index contributed by atoms with van der Waals surface area (Å²) in [5.74, 6) is -0.452. The SMILES string of the molecule is Cc1cc(C(F)(F)F)cc(O)c1-c1cnc(C=NC23CC(C)(C2)OC3C)c(N)n1. The number of nitrogens with two attached hydrogens (primary N) is 1. The van der Waals surface area contributed by atoms with E-state index in [4.69, 9.17) is 10.5 Å². The Morgan fingerprint density at radius 3 is 2.55 bits per heavy atom. The number of aromatic hydroxyl groups is 1. The van der Waals surface area contributed by atoms with Gasteiger partial charge in [-0.3, -0.25) is 4.99 Å². The van der Waals surface area contributed by atoms with E-state index in [1.54, 1.807) is 6.21 Å². The molecule has 1 unspecified atom stereocenters. The minimum absolute atomic E-state index is 0.00366. The highest BCUT2D eigenvalue weighted by molar-refractivity contribution is 5.84. The number of nitrogen functional groups attached to an aromatic ring is 1. The van der Waals surface area contributed by atoms with Gasteiger partial charge in [0.1, 0.15) is 11.4 Å². The van der Waals surface area contributed by atoms with Crippen LogP contribution >= 0.6 is 0 Å². The van der Waals surface area contributed by atoms with Crippen molar-refractivity contribution in [3.05, 3.63) is 35.2 Å². The number of aliphatic imine (C=N–C) groups is 1. The second-order valence-electron chi connectivity index (χ2n) is 8.14. The number of nitrogens with zero attached hydrogens (tertiary/aromatic N) is 3. The van der Waals surface area contributed by atoms with Crippen LogP contribution in [-0.2, 0) is 10.9 Å². The second kappa shape index (κ2) is 6.16. The number of benzene rings is 1. The lowest BCUT2D eigenvalue weighted by molar-refractivity contribution is -0.137. The number of halogens is 3. The number of hydrogen-bond acceptors (Lipinski definition) is 6. The van der Waals surface area contributed by atoms with E-state index in [9.17, 15) is 18.3 Å². The molecule has 1 aromatic carbocycles. The fraction of sp³-hybridized carbons (Fsp3) is 0.450. The molecule has 0 amide bonds. The quantitative estimate of drug-likeness (QED) is 0.755. The Hall–Kier alpha value is -2.68. The van der Waals surface area contributed by atoms with Crippen LogP contribution in [0.2, 0.25) is 0 Å². The van der Waals surface area contributed by atoms with Gasteiger partial charge >= 0.3 is 6.18 Å². The highest BCUT2D eigenvalue weighted by atomic mass is 19.4. The predicted octanol–water partition coefficient (Wildman–Crippen LogP) is 3.89. The third-order valence-electron chi connectivity index (χ3n) is 5.75. The van der Waals surface area contributed by atoms with E-state index in [-0.39, 0.29) is 39.9 Å². The molecule has 0 radical (unpaired) electrons. The van der Waals surface area contributed by atoms with Gasteiger partial charge in [-0.05, 0) is 38.5 Å². The highest BCUT2D eigenvalue weighted by Crippen LogP contribution is 2.57. The fourth-order valence-corrected chi connectivity index (χ4v) is 4.43. The van der Waals surface area contributed by atoms with Crippen LogP contribution in [0.3, 0.4) is 0 Å². The average Bonchev–Trinajstić information content (AvgIpc) is 2.96. The molecule has 3 N–H and O–H groups in total. The van der Waals surface area contributed by atoms with Gasteiger partial charge in [0.15, 0.2) is 5.82 Å². The van der Waals surface area contributed by atoms with Crippen LogP contribution in [-0.4, -0.2) is 38.5 Å². The van der Waals surface area contributed by atoms with Gasteiger partial charge in [0, 0.05) is 18.4 Å². The van der Waals surface area contributed by atoms with Crippen molar-refractivity contribution in [2.75, 3.05) is 5.73 Å². The van der Waals surface area contributed by atoms with Crippen LogP contribution in [0.25, 0.3) is 11.3 Å². The lowest BCUT2D eigenvalue weighted by Crippen LogP contribution is -2.47. The Balaban J connectivity index is 1.63. The minimum Gasteiger partial charge on any atom is -0.507 e. The van der Waals surface area contributed by atoms with Crippen molar-refractivity contribution >= 4 is 12.0 Å². The van der Waals surface area contributed by atoms with E-state index in [0.717, 1.165) is 18.9 Å². The number of fused-ring (bicyclic) bond motifs is 1. The first kappa shape index (κ1) is 19.6. The first-order valence-electron chi connectivity index (χ1n) is 9.19. The largest absolute Gasteiger partial charge is 0.507 e. The summed E-state index contributed by atoms with van der Waals surface area (Å²) in [7, 11) is 0. The number of aromatic nitrogens is 2. The van der Waals surface area contributed by atoms with Crippen molar-refractivity contribution < 1.29 is 23.0 Å². The van der Waals surface area contributed by atoms with E-state index in [0.29, 0.717) is 11.8 Å². The van der Waals surface area contributed by atoms with Gasteiger partial charge in [0.2, 0.25) is 0 Å². The van der Waals surface area contributed by atoms with Crippen molar-refractivity contribution in [1.82, 2.24) is 9.97 Å². The Bertz CT molecular complexity index is 990. The summed E-state index contributed by atoms with van der Waals surface area (Å²) in [6, 6.07) is 1.63. The lowest BCUT2D eigenvalue weighted by Gasteiger charge is -2.40.